The summed E-state index contributed by atoms with van der Waals surface area (Å²) in [6.07, 6.45) is 1.75. The van der Waals surface area contributed by atoms with Crippen molar-refractivity contribution < 1.29 is 4.42 Å². The number of aromatic nitrogens is 1. The maximum absolute atomic E-state index is 6.47. The van der Waals surface area contributed by atoms with E-state index in [1.54, 1.807) is 6.08 Å². The van der Waals surface area contributed by atoms with Gasteiger partial charge in [-0.3, -0.25) is 0 Å². The maximum atomic E-state index is 6.47. The normalized spacial score (nSPS) is 11.1. The summed E-state index contributed by atoms with van der Waals surface area (Å²) in [4.78, 5) is 2.35. The Morgan fingerprint density at radius 1 is 0.508 bits per heavy atom. The summed E-state index contributed by atoms with van der Waals surface area (Å²) in [7, 11) is 0. The van der Waals surface area contributed by atoms with Crippen LogP contribution in [-0.4, -0.2) is 4.57 Å². The van der Waals surface area contributed by atoms with Gasteiger partial charge < -0.3 is 13.9 Å². The molecule has 0 saturated heterocycles. The molecule has 0 amide bonds. The van der Waals surface area contributed by atoms with Gasteiger partial charge in [0.25, 0.3) is 0 Å². The maximum Gasteiger partial charge on any atom is 0.137 e. The molecule has 59 heavy (non-hydrogen) atoms. The predicted molar refractivity (Wildman–Crippen MR) is 255 cm³/mol. The number of furan rings is 1. The van der Waals surface area contributed by atoms with Gasteiger partial charge in [-0.05, 0) is 107 Å². The molecule has 3 nitrogen and oxygen atoms in total. The summed E-state index contributed by atoms with van der Waals surface area (Å²) in [5.41, 5.74) is 12.2. The van der Waals surface area contributed by atoms with E-state index in [0.717, 1.165) is 50.2 Å². The van der Waals surface area contributed by atoms with Crippen molar-refractivity contribution in [1.29, 1.82) is 0 Å². The molecular formula is C56H46N2O. The first kappa shape index (κ1) is 37.2. The van der Waals surface area contributed by atoms with Gasteiger partial charge in [-0.15, -0.1) is 6.58 Å². The lowest BCUT2D eigenvalue weighted by Crippen LogP contribution is -2.10. The molecule has 0 saturated carbocycles. The zero-order chi connectivity index (χ0) is 40.5. The van der Waals surface area contributed by atoms with Crippen LogP contribution in [0.25, 0.3) is 82.1 Å². The first-order valence-corrected chi connectivity index (χ1v) is 20.5. The van der Waals surface area contributed by atoms with Crippen LogP contribution in [0.5, 0.6) is 0 Å². The number of hydrogen-bond donors (Lipinski definition) is 0. The third kappa shape index (κ3) is 6.51. The number of hydrogen-bond acceptors (Lipinski definition) is 2. The lowest BCUT2D eigenvalue weighted by Gasteiger charge is -2.26. The fraction of sp³-hybridized carbons (Fsp3) is 0.0714. The molecule has 11 aromatic rings. The Kier molecular flexibility index (Phi) is 10.0. The third-order valence-corrected chi connectivity index (χ3v) is 10.9. The highest BCUT2D eigenvalue weighted by molar-refractivity contribution is 6.28. The van der Waals surface area contributed by atoms with Crippen molar-refractivity contribution in [2.45, 2.75) is 27.7 Å². The first-order chi connectivity index (χ1) is 29.1. The van der Waals surface area contributed by atoms with Crippen LogP contribution < -0.4 is 4.90 Å². The molecule has 2 aromatic heterocycles. The highest BCUT2D eigenvalue weighted by Crippen LogP contribution is 2.45. The van der Waals surface area contributed by atoms with E-state index < -0.39 is 0 Å². The van der Waals surface area contributed by atoms with Crippen molar-refractivity contribution in [1.82, 2.24) is 4.57 Å². The average Bonchev–Trinajstić information content (AvgIpc) is 3.83. The first-order valence-electron chi connectivity index (χ1n) is 20.5. The van der Waals surface area contributed by atoms with E-state index in [2.05, 4.69) is 199 Å². The fourth-order valence-electron chi connectivity index (χ4n) is 8.65. The quantitative estimate of drug-likeness (QED) is 0.163. The van der Waals surface area contributed by atoms with Crippen LogP contribution in [0.15, 0.2) is 205 Å². The van der Waals surface area contributed by atoms with Gasteiger partial charge in [0.1, 0.15) is 11.2 Å². The van der Waals surface area contributed by atoms with E-state index in [4.69, 9.17) is 4.42 Å². The van der Waals surface area contributed by atoms with Crippen LogP contribution in [0.3, 0.4) is 0 Å². The van der Waals surface area contributed by atoms with Gasteiger partial charge in [-0.25, -0.2) is 0 Å². The number of fused-ring (bicyclic) bond motifs is 10. The Morgan fingerprint density at radius 3 is 1.80 bits per heavy atom. The molecule has 0 fully saturated rings. The number of para-hydroxylation sites is 3. The number of benzene rings is 9. The lowest BCUT2D eigenvalue weighted by molar-refractivity contribution is 0.668. The second-order valence-electron chi connectivity index (χ2n) is 14.6. The predicted octanol–water partition coefficient (Wildman–Crippen LogP) is 16.7. The minimum Gasteiger partial charge on any atom is -0.456 e. The van der Waals surface area contributed by atoms with Crippen LogP contribution in [-0.2, 0) is 0 Å². The zero-order valence-electron chi connectivity index (χ0n) is 34.0. The molecule has 0 spiro atoms. The molecule has 0 N–H and O–H groups in total. The van der Waals surface area contributed by atoms with E-state index in [-0.39, 0.29) is 0 Å². The second-order valence-corrected chi connectivity index (χ2v) is 14.6. The average molecular weight is 763 g/mol. The van der Waals surface area contributed by atoms with E-state index in [9.17, 15) is 0 Å². The van der Waals surface area contributed by atoms with Crippen LogP contribution in [0.1, 0.15) is 26.3 Å². The molecule has 3 heteroatoms. The molecule has 286 valence electrons. The van der Waals surface area contributed by atoms with Gasteiger partial charge in [-0.2, -0.15) is 0 Å². The molecule has 0 atom stereocenters. The summed E-state index contributed by atoms with van der Waals surface area (Å²) in [5, 5.41) is 9.65. The molecule has 0 aliphatic heterocycles. The van der Waals surface area contributed by atoms with Gasteiger partial charge in [-0.1, -0.05) is 141 Å². The number of allylic oxidation sites excluding steroid dienone is 1. The Bertz CT molecular complexity index is 3240. The monoisotopic (exact) mass is 762 g/mol. The van der Waals surface area contributed by atoms with Crippen molar-refractivity contribution in [2.75, 3.05) is 4.90 Å². The number of nitrogens with zero attached hydrogens (tertiary/aromatic N) is 2. The van der Waals surface area contributed by atoms with Gasteiger partial charge in [0, 0.05) is 55.7 Å². The molecule has 0 aliphatic rings. The van der Waals surface area contributed by atoms with Crippen LogP contribution in [0.2, 0.25) is 0 Å². The third-order valence-electron chi connectivity index (χ3n) is 10.9. The summed E-state index contributed by atoms with van der Waals surface area (Å²) >= 11 is 0. The van der Waals surface area contributed by atoms with Crippen molar-refractivity contribution in [3.8, 4) is 16.8 Å². The summed E-state index contributed by atoms with van der Waals surface area (Å²) in [6.45, 7) is 11.5. The summed E-state index contributed by atoms with van der Waals surface area (Å²) in [5.74, 6) is 0. The van der Waals surface area contributed by atoms with Crippen LogP contribution in [0.4, 0.5) is 17.1 Å². The highest BCUT2D eigenvalue weighted by Gasteiger charge is 2.22. The summed E-state index contributed by atoms with van der Waals surface area (Å²) in [6, 6.07) is 67.9. The summed E-state index contributed by atoms with van der Waals surface area (Å²) < 4.78 is 8.93. The van der Waals surface area contributed by atoms with Crippen molar-refractivity contribution >= 4 is 82.4 Å². The van der Waals surface area contributed by atoms with Gasteiger partial charge >= 0.3 is 0 Å². The Hall–Kier alpha value is -7.36. The molecule has 0 aliphatic carbocycles. The van der Waals surface area contributed by atoms with Crippen LogP contribution >= 0.6 is 0 Å². The van der Waals surface area contributed by atoms with E-state index in [1.165, 1.54) is 54.5 Å². The van der Waals surface area contributed by atoms with Crippen molar-refractivity contribution in [3.05, 3.63) is 206 Å². The molecule has 11 rings (SSSR count). The van der Waals surface area contributed by atoms with E-state index >= 15 is 0 Å². The molecule has 2 heterocycles. The number of anilines is 3. The Balaban J connectivity index is 0.000000861. The lowest BCUT2D eigenvalue weighted by atomic mass is 9.93. The van der Waals surface area contributed by atoms with Gasteiger partial charge in [0.05, 0.1) is 11.0 Å². The number of aryl methyl sites for hydroxylation is 1. The molecule has 0 bridgehead atoms. The van der Waals surface area contributed by atoms with Gasteiger partial charge in [0.15, 0.2) is 0 Å². The highest BCUT2D eigenvalue weighted by atomic mass is 16.3. The minimum atomic E-state index is 0.884. The van der Waals surface area contributed by atoms with E-state index in [1.807, 2.05) is 32.9 Å². The smallest absolute Gasteiger partial charge is 0.137 e. The number of rotatable bonds is 5. The van der Waals surface area contributed by atoms with Crippen molar-refractivity contribution in [3.63, 3.8) is 0 Å². The fourth-order valence-corrected chi connectivity index (χ4v) is 8.65. The molecular weight excluding hydrogens is 717 g/mol. The van der Waals surface area contributed by atoms with E-state index in [0.29, 0.717) is 0 Å². The SMILES string of the molecule is C=CC.CC.Cc1cc(-c2cc3c(c4ccccc24)c2ccc4ccccc4c2n3-c2ccc3c(c2)oc2ccccc23)cc(N(c2ccccc2)c2ccccc2)c1. The second kappa shape index (κ2) is 15.9. The van der Waals surface area contributed by atoms with Crippen LogP contribution in [0, 0.1) is 6.92 Å². The molecule has 9 aromatic carbocycles. The molecule has 0 radical (unpaired) electrons. The minimum absolute atomic E-state index is 0.884. The zero-order valence-corrected chi connectivity index (χ0v) is 34.0. The Morgan fingerprint density at radius 2 is 1.08 bits per heavy atom. The standard InChI is InChI=1S/C51H34N2O.C3H6.C2H6/c1-33-28-35(30-39(29-33)52(36-15-4-2-5-16-36)37-17-6-3-7-18-37)46-32-47-50(44-22-11-10-20-41(44)46)45-26-24-34-14-8-9-19-40(34)51(45)53(47)38-25-27-43-42-21-12-13-23-48(42)54-49(43)31-38;1-3-2;1-2/h2-32H,1H3;3H,1H2,2H3;1-2H3. The topological polar surface area (TPSA) is 21.3 Å². The van der Waals surface area contributed by atoms with Crippen molar-refractivity contribution in [2.24, 2.45) is 0 Å². The Labute approximate surface area is 345 Å². The molecule has 0 unspecified atom stereocenters. The largest absolute Gasteiger partial charge is 0.456 e. The van der Waals surface area contributed by atoms with Gasteiger partial charge in [0.2, 0.25) is 0 Å².